The lowest BCUT2D eigenvalue weighted by molar-refractivity contribution is 0.310. The SMILES string of the molecule is CCCC1CN(Cc2ccccc2)CC12CC2. The van der Waals surface area contributed by atoms with Gasteiger partial charge in [0.05, 0.1) is 0 Å². The van der Waals surface area contributed by atoms with Gasteiger partial charge in [0.15, 0.2) is 0 Å². The van der Waals surface area contributed by atoms with Gasteiger partial charge in [0, 0.05) is 19.6 Å². The van der Waals surface area contributed by atoms with Crippen LogP contribution >= 0.6 is 0 Å². The van der Waals surface area contributed by atoms with Crippen LogP contribution in [0.25, 0.3) is 0 Å². The first-order valence-corrected chi connectivity index (χ1v) is 7.09. The second-order valence-electron chi connectivity index (χ2n) is 6.00. The van der Waals surface area contributed by atoms with Crippen molar-refractivity contribution in [1.82, 2.24) is 4.90 Å². The van der Waals surface area contributed by atoms with Crippen molar-refractivity contribution in [3.63, 3.8) is 0 Å². The van der Waals surface area contributed by atoms with Crippen LogP contribution in [0.1, 0.15) is 38.2 Å². The Hall–Kier alpha value is -0.820. The van der Waals surface area contributed by atoms with E-state index in [9.17, 15) is 0 Å². The van der Waals surface area contributed by atoms with Crippen molar-refractivity contribution in [1.29, 1.82) is 0 Å². The molecule has 1 nitrogen and oxygen atoms in total. The van der Waals surface area contributed by atoms with Crippen LogP contribution in [0.3, 0.4) is 0 Å². The van der Waals surface area contributed by atoms with Gasteiger partial charge >= 0.3 is 0 Å². The summed E-state index contributed by atoms with van der Waals surface area (Å²) in [6, 6.07) is 10.9. The molecule has 1 aromatic rings. The van der Waals surface area contributed by atoms with Gasteiger partial charge in [-0.1, -0.05) is 43.7 Å². The van der Waals surface area contributed by atoms with Crippen LogP contribution in [0.15, 0.2) is 30.3 Å². The molecule has 1 aliphatic carbocycles. The maximum atomic E-state index is 2.68. The molecule has 2 aliphatic rings. The van der Waals surface area contributed by atoms with E-state index in [1.54, 1.807) is 0 Å². The molecule has 3 rings (SSSR count). The van der Waals surface area contributed by atoms with E-state index in [0.717, 1.165) is 17.9 Å². The standard InChI is InChI=1S/C16H23N/c1-2-6-15-12-17(13-16(15)9-10-16)11-14-7-4-3-5-8-14/h3-5,7-8,15H,2,6,9-13H2,1H3. The van der Waals surface area contributed by atoms with Gasteiger partial charge in [0.25, 0.3) is 0 Å². The summed E-state index contributed by atoms with van der Waals surface area (Å²) in [7, 11) is 0. The van der Waals surface area contributed by atoms with Gasteiger partial charge in [-0.3, -0.25) is 4.90 Å². The quantitative estimate of drug-likeness (QED) is 0.761. The highest BCUT2D eigenvalue weighted by Gasteiger charge is 2.53. The molecular weight excluding hydrogens is 206 g/mol. The van der Waals surface area contributed by atoms with E-state index >= 15 is 0 Å². The number of hydrogen-bond acceptors (Lipinski definition) is 1. The smallest absolute Gasteiger partial charge is 0.0234 e. The molecule has 92 valence electrons. The predicted octanol–water partition coefficient (Wildman–Crippen LogP) is 3.70. The second-order valence-corrected chi connectivity index (χ2v) is 6.00. The van der Waals surface area contributed by atoms with E-state index in [2.05, 4.69) is 42.2 Å². The Morgan fingerprint density at radius 2 is 2.00 bits per heavy atom. The number of benzene rings is 1. The largest absolute Gasteiger partial charge is 0.298 e. The summed E-state index contributed by atoms with van der Waals surface area (Å²) < 4.78 is 0. The number of hydrogen-bond donors (Lipinski definition) is 0. The summed E-state index contributed by atoms with van der Waals surface area (Å²) in [5.41, 5.74) is 2.21. The van der Waals surface area contributed by atoms with Crippen LogP contribution in [-0.4, -0.2) is 18.0 Å². The van der Waals surface area contributed by atoms with Crippen molar-refractivity contribution >= 4 is 0 Å². The minimum atomic E-state index is 0.741. The zero-order valence-electron chi connectivity index (χ0n) is 10.9. The van der Waals surface area contributed by atoms with E-state index in [4.69, 9.17) is 0 Å². The van der Waals surface area contributed by atoms with Crippen molar-refractivity contribution in [2.75, 3.05) is 13.1 Å². The summed E-state index contributed by atoms with van der Waals surface area (Å²) in [5.74, 6) is 0.983. The number of likely N-dealkylation sites (tertiary alicyclic amines) is 1. The van der Waals surface area contributed by atoms with Gasteiger partial charge in [-0.2, -0.15) is 0 Å². The van der Waals surface area contributed by atoms with Crippen LogP contribution in [0, 0.1) is 11.3 Å². The molecule has 0 amide bonds. The Balaban J connectivity index is 1.63. The lowest BCUT2D eigenvalue weighted by atomic mass is 9.89. The van der Waals surface area contributed by atoms with Crippen LogP contribution < -0.4 is 0 Å². The zero-order valence-corrected chi connectivity index (χ0v) is 10.9. The maximum absolute atomic E-state index is 2.68. The summed E-state index contributed by atoms with van der Waals surface area (Å²) in [4.78, 5) is 2.68. The van der Waals surface area contributed by atoms with Crippen molar-refractivity contribution in [2.24, 2.45) is 11.3 Å². The van der Waals surface area contributed by atoms with Crippen LogP contribution in [0.4, 0.5) is 0 Å². The molecule has 1 unspecified atom stereocenters. The second kappa shape index (κ2) is 4.45. The number of rotatable bonds is 4. The molecule has 1 spiro atoms. The molecule has 0 aromatic heterocycles. The Morgan fingerprint density at radius 3 is 2.65 bits per heavy atom. The molecule has 1 saturated carbocycles. The number of nitrogens with zero attached hydrogens (tertiary/aromatic N) is 1. The first kappa shape index (κ1) is 11.3. The fourth-order valence-electron chi connectivity index (χ4n) is 3.58. The average molecular weight is 229 g/mol. The van der Waals surface area contributed by atoms with E-state index in [-0.39, 0.29) is 0 Å². The van der Waals surface area contributed by atoms with Gasteiger partial charge < -0.3 is 0 Å². The van der Waals surface area contributed by atoms with Crippen LogP contribution in [0.2, 0.25) is 0 Å². The van der Waals surface area contributed by atoms with Gasteiger partial charge in [0.1, 0.15) is 0 Å². The highest BCUT2D eigenvalue weighted by molar-refractivity contribution is 5.16. The third-order valence-electron chi connectivity index (χ3n) is 4.66. The Labute approximate surface area is 105 Å². The minimum Gasteiger partial charge on any atom is -0.298 e. The molecule has 0 bridgehead atoms. The molecule has 0 N–H and O–H groups in total. The lowest BCUT2D eigenvalue weighted by Crippen LogP contribution is -2.20. The fourth-order valence-corrected chi connectivity index (χ4v) is 3.58. The van der Waals surface area contributed by atoms with Crippen LogP contribution in [-0.2, 0) is 6.54 Å². The molecule has 0 radical (unpaired) electrons. The fraction of sp³-hybridized carbons (Fsp3) is 0.625. The predicted molar refractivity (Wildman–Crippen MR) is 71.8 cm³/mol. The van der Waals surface area contributed by atoms with E-state index in [0.29, 0.717) is 0 Å². The molecule has 1 saturated heterocycles. The Bertz CT molecular complexity index is 366. The molecule has 1 aromatic carbocycles. The molecule has 1 atom stereocenters. The van der Waals surface area contributed by atoms with Crippen molar-refractivity contribution in [3.8, 4) is 0 Å². The topological polar surface area (TPSA) is 3.24 Å². The van der Waals surface area contributed by atoms with Crippen molar-refractivity contribution < 1.29 is 0 Å². The summed E-state index contributed by atoms with van der Waals surface area (Å²) in [6.07, 6.45) is 5.77. The highest BCUT2D eigenvalue weighted by atomic mass is 15.2. The van der Waals surface area contributed by atoms with Crippen LogP contribution in [0.5, 0.6) is 0 Å². The first-order chi connectivity index (χ1) is 8.32. The molecular formula is C16H23N. The third kappa shape index (κ3) is 2.26. The van der Waals surface area contributed by atoms with E-state index < -0.39 is 0 Å². The third-order valence-corrected chi connectivity index (χ3v) is 4.66. The Kier molecular flexibility index (Phi) is 2.96. The van der Waals surface area contributed by atoms with Gasteiger partial charge in [-0.05, 0) is 36.2 Å². The summed E-state index contributed by atoms with van der Waals surface area (Å²) in [5, 5.41) is 0. The molecule has 2 fully saturated rings. The minimum absolute atomic E-state index is 0.741. The van der Waals surface area contributed by atoms with Gasteiger partial charge in [-0.25, -0.2) is 0 Å². The monoisotopic (exact) mass is 229 g/mol. The summed E-state index contributed by atoms with van der Waals surface area (Å²) in [6.45, 7) is 6.17. The lowest BCUT2D eigenvalue weighted by Gasteiger charge is -2.15. The maximum Gasteiger partial charge on any atom is 0.0234 e. The molecule has 17 heavy (non-hydrogen) atoms. The molecule has 1 heterocycles. The van der Waals surface area contributed by atoms with Gasteiger partial charge in [-0.15, -0.1) is 0 Å². The zero-order chi connectivity index (χ0) is 11.7. The molecule has 1 heteroatoms. The van der Waals surface area contributed by atoms with E-state index in [1.807, 2.05) is 0 Å². The highest BCUT2D eigenvalue weighted by Crippen LogP contribution is 2.57. The summed E-state index contributed by atoms with van der Waals surface area (Å²) >= 11 is 0. The molecule has 1 aliphatic heterocycles. The van der Waals surface area contributed by atoms with E-state index in [1.165, 1.54) is 44.3 Å². The van der Waals surface area contributed by atoms with Gasteiger partial charge in [0.2, 0.25) is 0 Å². The Morgan fingerprint density at radius 1 is 1.24 bits per heavy atom. The first-order valence-electron chi connectivity index (χ1n) is 7.09. The normalized spacial score (nSPS) is 26.5. The van der Waals surface area contributed by atoms with Crippen molar-refractivity contribution in [2.45, 2.75) is 39.2 Å². The van der Waals surface area contributed by atoms with Crippen molar-refractivity contribution in [3.05, 3.63) is 35.9 Å². The average Bonchev–Trinajstić information content (AvgIpc) is 3.02.